The van der Waals surface area contributed by atoms with Crippen LogP contribution >= 0.6 is 23.2 Å². The van der Waals surface area contributed by atoms with Crippen LogP contribution in [0.4, 0.5) is 5.82 Å². The van der Waals surface area contributed by atoms with Crippen LogP contribution in [-0.4, -0.2) is 23.3 Å². The maximum Gasteiger partial charge on any atom is 0.175 e. The van der Waals surface area contributed by atoms with Gasteiger partial charge in [-0.15, -0.1) is 0 Å². The fourth-order valence-corrected chi connectivity index (χ4v) is 2.89. The topological polar surface area (TPSA) is 39.4 Å². The van der Waals surface area contributed by atoms with Gasteiger partial charge in [0.15, 0.2) is 12.2 Å². The van der Waals surface area contributed by atoms with Gasteiger partial charge >= 0.3 is 0 Å². The molecular weight excluding hydrogens is 321 g/mol. The summed E-state index contributed by atoms with van der Waals surface area (Å²) in [5, 5.41) is 6.69. The molecule has 0 amide bonds. The number of nitrogens with zero attached hydrogens (tertiary/aromatic N) is 3. The van der Waals surface area contributed by atoms with Gasteiger partial charge in [-0.05, 0) is 18.2 Å². The van der Waals surface area contributed by atoms with Crippen molar-refractivity contribution in [3.8, 4) is 11.1 Å². The van der Waals surface area contributed by atoms with Gasteiger partial charge < -0.3 is 4.74 Å². The first-order valence-corrected chi connectivity index (χ1v) is 7.34. The second-order valence-electron chi connectivity index (χ2n) is 4.74. The monoisotopic (exact) mass is 333 g/mol. The summed E-state index contributed by atoms with van der Waals surface area (Å²) in [4.78, 5) is 4.28. The molecule has 0 fully saturated rings. The van der Waals surface area contributed by atoms with Crippen molar-refractivity contribution in [3.05, 3.63) is 46.4 Å². The quantitative estimate of drug-likeness (QED) is 0.507. The van der Waals surface area contributed by atoms with Gasteiger partial charge in [0.25, 0.3) is 0 Å². The molecule has 0 spiro atoms. The molecule has 4 nitrogen and oxygen atoms in total. The van der Waals surface area contributed by atoms with Crippen molar-refractivity contribution < 1.29 is 4.74 Å². The molecule has 22 heavy (non-hydrogen) atoms. The Kier molecular flexibility index (Phi) is 4.05. The number of halogens is 2. The minimum absolute atomic E-state index is 0.590. The molecule has 1 aromatic heterocycles. The Bertz CT molecular complexity index is 871. The van der Waals surface area contributed by atoms with Crippen molar-refractivity contribution in [2.75, 3.05) is 7.11 Å². The molecule has 0 aliphatic rings. The number of fused-ring (bicyclic) bond motifs is 1. The van der Waals surface area contributed by atoms with Crippen molar-refractivity contribution in [3.63, 3.8) is 0 Å². The van der Waals surface area contributed by atoms with Gasteiger partial charge in [-0.2, -0.15) is 5.10 Å². The number of aliphatic imine (C=N–C) groups is 1. The smallest absolute Gasteiger partial charge is 0.175 e. The molecular formula is C16H13Cl2N3O. The van der Waals surface area contributed by atoms with Crippen LogP contribution in [0.25, 0.3) is 22.0 Å². The summed E-state index contributed by atoms with van der Waals surface area (Å²) in [6, 6.07) is 11.3. The molecule has 3 rings (SSSR count). The predicted molar refractivity (Wildman–Crippen MR) is 91.3 cm³/mol. The Hall–Kier alpha value is -2.04. The number of rotatable bonds is 3. The highest BCUT2D eigenvalue weighted by molar-refractivity contribution is 6.36. The van der Waals surface area contributed by atoms with E-state index in [-0.39, 0.29) is 0 Å². The summed E-state index contributed by atoms with van der Waals surface area (Å²) in [7, 11) is 3.40. The fourth-order valence-electron chi connectivity index (χ4n) is 2.38. The normalized spacial score (nSPS) is 11.5. The van der Waals surface area contributed by atoms with Crippen molar-refractivity contribution >= 4 is 46.3 Å². The number of hydrogen-bond donors (Lipinski definition) is 0. The number of hydrogen-bond acceptors (Lipinski definition) is 3. The van der Waals surface area contributed by atoms with Crippen molar-refractivity contribution in [2.45, 2.75) is 0 Å². The van der Waals surface area contributed by atoms with Crippen LogP contribution < -0.4 is 0 Å². The highest BCUT2D eigenvalue weighted by Gasteiger charge is 2.14. The first kappa shape index (κ1) is 14.9. The lowest BCUT2D eigenvalue weighted by Gasteiger charge is -2.05. The van der Waals surface area contributed by atoms with Gasteiger partial charge in [-0.1, -0.05) is 41.4 Å². The zero-order valence-electron chi connectivity index (χ0n) is 12.0. The summed E-state index contributed by atoms with van der Waals surface area (Å²) in [6.07, 6.45) is 1.39. The standard InChI is InChI=1S/C16H13Cl2N3O/c1-21-16(19-9-22-2)13-5-3-4-12(15(13)20-21)11-7-6-10(17)8-14(11)18/h3-9H,1-2H3/b19-9-. The zero-order valence-corrected chi connectivity index (χ0v) is 13.6. The van der Waals surface area contributed by atoms with Gasteiger partial charge in [0, 0.05) is 33.6 Å². The van der Waals surface area contributed by atoms with Crippen molar-refractivity contribution in [1.82, 2.24) is 9.78 Å². The minimum Gasteiger partial charge on any atom is -0.486 e. The van der Waals surface area contributed by atoms with Crippen LogP contribution in [0.15, 0.2) is 41.4 Å². The molecule has 112 valence electrons. The fraction of sp³-hybridized carbons (Fsp3) is 0.125. The van der Waals surface area contributed by atoms with E-state index in [1.54, 1.807) is 17.9 Å². The molecule has 1 heterocycles. The van der Waals surface area contributed by atoms with Crippen LogP contribution in [-0.2, 0) is 11.8 Å². The number of aromatic nitrogens is 2. The van der Waals surface area contributed by atoms with Crippen LogP contribution in [0.2, 0.25) is 10.0 Å². The highest BCUT2D eigenvalue weighted by Crippen LogP contribution is 2.37. The first-order chi connectivity index (χ1) is 10.6. The van der Waals surface area contributed by atoms with Gasteiger partial charge in [-0.25, -0.2) is 9.67 Å². The lowest BCUT2D eigenvalue weighted by atomic mass is 10.0. The van der Waals surface area contributed by atoms with E-state index in [2.05, 4.69) is 10.1 Å². The molecule has 0 aliphatic heterocycles. The van der Waals surface area contributed by atoms with E-state index in [0.29, 0.717) is 10.0 Å². The lowest BCUT2D eigenvalue weighted by molar-refractivity contribution is 0.423. The molecule has 0 saturated carbocycles. The first-order valence-electron chi connectivity index (χ1n) is 6.58. The summed E-state index contributed by atoms with van der Waals surface area (Å²) in [5.41, 5.74) is 2.66. The van der Waals surface area contributed by atoms with E-state index in [1.165, 1.54) is 6.40 Å². The molecule has 0 N–H and O–H groups in total. The average molecular weight is 334 g/mol. The number of methoxy groups -OCH3 is 1. The average Bonchev–Trinajstić information content (AvgIpc) is 2.81. The summed E-state index contributed by atoms with van der Waals surface area (Å²) < 4.78 is 6.61. The molecule has 0 aliphatic carbocycles. The van der Waals surface area contributed by atoms with Gasteiger partial charge in [0.1, 0.15) is 5.52 Å². The molecule has 0 saturated heterocycles. The van der Waals surface area contributed by atoms with Crippen molar-refractivity contribution in [1.29, 1.82) is 0 Å². The molecule has 0 bridgehead atoms. The molecule has 2 aromatic carbocycles. The summed E-state index contributed by atoms with van der Waals surface area (Å²) in [5.74, 6) is 0.726. The van der Waals surface area contributed by atoms with E-state index in [4.69, 9.17) is 27.9 Å². The van der Waals surface area contributed by atoms with E-state index in [0.717, 1.165) is 27.8 Å². The Morgan fingerprint density at radius 2 is 2.00 bits per heavy atom. The second-order valence-corrected chi connectivity index (χ2v) is 5.59. The molecule has 0 atom stereocenters. The summed E-state index contributed by atoms with van der Waals surface area (Å²) in [6.45, 7) is 0. The Balaban J connectivity index is 2.25. The SMILES string of the molecule is CO/C=N\c1c2cccc(-c3ccc(Cl)cc3Cl)c2nn1C. The van der Waals surface area contributed by atoms with Gasteiger partial charge in [0.05, 0.1) is 7.11 Å². The third-order valence-corrected chi connectivity index (χ3v) is 3.88. The lowest BCUT2D eigenvalue weighted by Crippen LogP contribution is -1.89. The Morgan fingerprint density at radius 3 is 2.73 bits per heavy atom. The maximum absolute atomic E-state index is 6.33. The largest absolute Gasteiger partial charge is 0.486 e. The number of ether oxygens (including phenoxy) is 1. The zero-order chi connectivity index (χ0) is 15.7. The summed E-state index contributed by atoms with van der Waals surface area (Å²) >= 11 is 12.3. The predicted octanol–water partition coefficient (Wildman–Crippen LogP) is 4.85. The molecule has 0 radical (unpaired) electrons. The highest BCUT2D eigenvalue weighted by atomic mass is 35.5. The van der Waals surface area contributed by atoms with E-state index in [9.17, 15) is 0 Å². The Labute approximate surface area is 137 Å². The third-order valence-electron chi connectivity index (χ3n) is 3.34. The third kappa shape index (κ3) is 2.56. The van der Waals surface area contributed by atoms with Crippen molar-refractivity contribution in [2.24, 2.45) is 12.0 Å². The second kappa shape index (κ2) is 5.99. The Morgan fingerprint density at radius 1 is 1.18 bits per heavy atom. The molecule has 0 unspecified atom stereocenters. The van der Waals surface area contributed by atoms with E-state index >= 15 is 0 Å². The van der Waals surface area contributed by atoms with Crippen LogP contribution in [0.1, 0.15) is 0 Å². The number of aryl methyl sites for hydroxylation is 1. The molecule has 3 aromatic rings. The van der Waals surface area contributed by atoms with Gasteiger partial charge in [-0.3, -0.25) is 0 Å². The van der Waals surface area contributed by atoms with E-state index < -0.39 is 0 Å². The van der Waals surface area contributed by atoms with E-state index in [1.807, 2.05) is 37.4 Å². The van der Waals surface area contributed by atoms with Crippen LogP contribution in [0.3, 0.4) is 0 Å². The van der Waals surface area contributed by atoms with Crippen LogP contribution in [0.5, 0.6) is 0 Å². The minimum atomic E-state index is 0.590. The molecule has 6 heteroatoms. The van der Waals surface area contributed by atoms with Gasteiger partial charge in [0.2, 0.25) is 0 Å². The van der Waals surface area contributed by atoms with Crippen LogP contribution in [0, 0.1) is 0 Å². The maximum atomic E-state index is 6.33. The number of benzene rings is 2.